The second-order valence-corrected chi connectivity index (χ2v) is 8.30. The van der Waals surface area contributed by atoms with Crippen molar-refractivity contribution in [3.63, 3.8) is 0 Å². The molecule has 140 valence electrons. The van der Waals surface area contributed by atoms with Crippen molar-refractivity contribution in [1.82, 2.24) is 0 Å². The molecule has 0 heterocycles. The standard InChI is InChI=1S/C18H38O4S.K/c1-3-5-6-7-8-9-10-11-12-13-14-16-18(23(20,21)22)17(19)15-4-2;/h17-19H,3-16H2,1-2H3,(H,20,21,22);/q;+1/p-1. The van der Waals surface area contributed by atoms with E-state index >= 15 is 0 Å². The molecule has 0 amide bonds. The maximum Gasteiger partial charge on any atom is 1.00 e. The summed E-state index contributed by atoms with van der Waals surface area (Å²) < 4.78 is 33.7. The van der Waals surface area contributed by atoms with Crippen molar-refractivity contribution in [1.29, 1.82) is 0 Å². The van der Waals surface area contributed by atoms with Crippen molar-refractivity contribution in [2.75, 3.05) is 0 Å². The van der Waals surface area contributed by atoms with Crippen LogP contribution in [0.1, 0.15) is 104 Å². The van der Waals surface area contributed by atoms with Gasteiger partial charge in [0, 0.05) is 0 Å². The minimum absolute atomic E-state index is 0. The Balaban J connectivity index is 0. The molecule has 2 atom stereocenters. The van der Waals surface area contributed by atoms with Crippen molar-refractivity contribution in [3.8, 4) is 0 Å². The van der Waals surface area contributed by atoms with Crippen LogP contribution in [0.3, 0.4) is 0 Å². The van der Waals surface area contributed by atoms with Crippen LogP contribution in [0.4, 0.5) is 0 Å². The molecule has 0 aliphatic rings. The van der Waals surface area contributed by atoms with Gasteiger partial charge >= 0.3 is 51.4 Å². The summed E-state index contributed by atoms with van der Waals surface area (Å²) in [6.07, 6.45) is 13.4. The van der Waals surface area contributed by atoms with E-state index in [1.165, 1.54) is 51.4 Å². The predicted molar refractivity (Wildman–Crippen MR) is 95.5 cm³/mol. The van der Waals surface area contributed by atoms with E-state index in [2.05, 4.69) is 6.92 Å². The summed E-state index contributed by atoms with van der Waals surface area (Å²) >= 11 is 0. The van der Waals surface area contributed by atoms with Crippen molar-refractivity contribution in [3.05, 3.63) is 0 Å². The monoisotopic (exact) mass is 388 g/mol. The first-order chi connectivity index (χ1) is 10.9. The third-order valence-corrected chi connectivity index (χ3v) is 5.77. The number of hydrogen-bond acceptors (Lipinski definition) is 4. The Hall–Kier alpha value is 1.51. The molecule has 0 aromatic heterocycles. The van der Waals surface area contributed by atoms with E-state index in [1.54, 1.807) is 0 Å². The third kappa shape index (κ3) is 15.7. The van der Waals surface area contributed by atoms with Gasteiger partial charge in [-0.05, 0) is 12.8 Å². The number of rotatable bonds is 16. The normalized spacial score (nSPS) is 14.2. The number of unbranched alkanes of at least 4 members (excludes halogenated alkanes) is 10. The zero-order valence-corrected chi connectivity index (χ0v) is 20.1. The molecular formula is C18H37KO4S. The molecule has 6 heteroatoms. The minimum Gasteiger partial charge on any atom is -0.748 e. The van der Waals surface area contributed by atoms with Crippen LogP contribution in [-0.4, -0.2) is 29.4 Å². The Kier molecular flexibility index (Phi) is 20.7. The maximum absolute atomic E-state index is 11.2. The molecule has 24 heavy (non-hydrogen) atoms. The fraction of sp³-hybridized carbons (Fsp3) is 1.00. The van der Waals surface area contributed by atoms with Crippen molar-refractivity contribution >= 4 is 10.1 Å². The van der Waals surface area contributed by atoms with Gasteiger partial charge in [-0.25, -0.2) is 8.42 Å². The Bertz CT molecular complexity index is 360. The molecule has 1 N–H and O–H groups in total. The number of aliphatic hydroxyl groups excluding tert-OH is 1. The van der Waals surface area contributed by atoms with Gasteiger partial charge in [-0.1, -0.05) is 90.9 Å². The van der Waals surface area contributed by atoms with E-state index in [4.69, 9.17) is 0 Å². The molecule has 0 radical (unpaired) electrons. The van der Waals surface area contributed by atoms with E-state index in [1.807, 2.05) is 6.92 Å². The molecule has 0 rings (SSSR count). The summed E-state index contributed by atoms with van der Waals surface area (Å²) in [6.45, 7) is 4.10. The van der Waals surface area contributed by atoms with Crippen LogP contribution in [0.25, 0.3) is 0 Å². The van der Waals surface area contributed by atoms with Crippen LogP contribution in [0.5, 0.6) is 0 Å². The summed E-state index contributed by atoms with van der Waals surface area (Å²) in [5.74, 6) is 0. The molecule has 0 spiro atoms. The van der Waals surface area contributed by atoms with E-state index in [0.29, 0.717) is 25.7 Å². The largest absolute Gasteiger partial charge is 1.00 e. The van der Waals surface area contributed by atoms with Crippen LogP contribution in [0, 0.1) is 0 Å². The second-order valence-electron chi connectivity index (χ2n) is 6.71. The summed E-state index contributed by atoms with van der Waals surface area (Å²) in [4.78, 5) is 0. The van der Waals surface area contributed by atoms with Crippen LogP contribution in [0.2, 0.25) is 0 Å². The molecule has 0 aliphatic heterocycles. The fourth-order valence-electron chi connectivity index (χ4n) is 3.02. The quantitative estimate of drug-likeness (QED) is 0.248. The van der Waals surface area contributed by atoms with Crippen molar-refractivity contribution in [2.45, 2.75) is 115 Å². The average Bonchev–Trinajstić information content (AvgIpc) is 2.47. The van der Waals surface area contributed by atoms with Crippen LogP contribution in [-0.2, 0) is 10.1 Å². The topological polar surface area (TPSA) is 77.4 Å². The van der Waals surface area contributed by atoms with E-state index < -0.39 is 21.5 Å². The van der Waals surface area contributed by atoms with Gasteiger partial charge in [-0.15, -0.1) is 0 Å². The first kappa shape index (κ1) is 27.7. The Morgan fingerprint density at radius 2 is 1.17 bits per heavy atom. The minimum atomic E-state index is -4.40. The maximum atomic E-state index is 11.2. The van der Waals surface area contributed by atoms with E-state index in [0.717, 1.165) is 12.8 Å². The number of hydrogen-bond donors (Lipinski definition) is 1. The van der Waals surface area contributed by atoms with E-state index in [-0.39, 0.29) is 51.4 Å². The van der Waals surface area contributed by atoms with Crippen LogP contribution >= 0.6 is 0 Å². The Labute approximate surface area is 192 Å². The smallest absolute Gasteiger partial charge is 0.748 e. The average molecular weight is 389 g/mol. The summed E-state index contributed by atoms with van der Waals surface area (Å²) in [6, 6.07) is 0. The van der Waals surface area contributed by atoms with Gasteiger partial charge in [0.2, 0.25) is 0 Å². The molecule has 0 bridgehead atoms. The van der Waals surface area contributed by atoms with Gasteiger partial charge in [0.1, 0.15) is 10.1 Å². The first-order valence-electron chi connectivity index (χ1n) is 9.56. The van der Waals surface area contributed by atoms with Gasteiger partial charge in [-0.2, -0.15) is 0 Å². The molecule has 0 saturated heterocycles. The Morgan fingerprint density at radius 1 is 0.750 bits per heavy atom. The SMILES string of the molecule is CCCCCCCCCCCCCC(C(O)CCC)S(=O)(=O)[O-].[K+]. The van der Waals surface area contributed by atoms with Crippen molar-refractivity contribution < 1.29 is 69.5 Å². The summed E-state index contributed by atoms with van der Waals surface area (Å²) in [5.41, 5.74) is 0. The molecular weight excluding hydrogens is 351 g/mol. The zero-order valence-electron chi connectivity index (χ0n) is 16.1. The van der Waals surface area contributed by atoms with Gasteiger partial charge in [0.15, 0.2) is 0 Å². The molecule has 0 aliphatic carbocycles. The fourth-order valence-corrected chi connectivity index (χ4v) is 4.00. The molecule has 0 aromatic carbocycles. The van der Waals surface area contributed by atoms with Gasteiger partial charge < -0.3 is 9.66 Å². The summed E-state index contributed by atoms with van der Waals surface area (Å²) in [7, 11) is -4.40. The third-order valence-electron chi connectivity index (χ3n) is 4.48. The van der Waals surface area contributed by atoms with Crippen LogP contribution < -0.4 is 51.4 Å². The Morgan fingerprint density at radius 3 is 1.54 bits per heavy atom. The molecule has 0 aromatic rings. The molecule has 4 nitrogen and oxygen atoms in total. The summed E-state index contributed by atoms with van der Waals surface area (Å²) in [5, 5.41) is 8.70. The van der Waals surface area contributed by atoms with Crippen LogP contribution in [0.15, 0.2) is 0 Å². The van der Waals surface area contributed by atoms with Gasteiger partial charge in [0.25, 0.3) is 0 Å². The van der Waals surface area contributed by atoms with E-state index in [9.17, 15) is 18.1 Å². The van der Waals surface area contributed by atoms with Crippen molar-refractivity contribution in [2.24, 2.45) is 0 Å². The second kappa shape index (κ2) is 17.9. The molecule has 0 saturated carbocycles. The zero-order chi connectivity index (χ0) is 17.6. The van der Waals surface area contributed by atoms with Gasteiger partial charge in [-0.3, -0.25) is 0 Å². The first-order valence-corrected chi connectivity index (χ1v) is 11.0. The molecule has 2 unspecified atom stereocenters. The predicted octanol–water partition coefficient (Wildman–Crippen LogP) is 1.77. The van der Waals surface area contributed by atoms with Gasteiger partial charge in [0.05, 0.1) is 11.4 Å². The molecule has 0 fully saturated rings. The number of aliphatic hydroxyl groups is 1.